The van der Waals surface area contributed by atoms with Crippen molar-refractivity contribution in [1.82, 2.24) is 19.6 Å². The molecule has 4 unspecified atom stereocenters. The first-order valence-corrected chi connectivity index (χ1v) is 8.82. The average Bonchev–Trinajstić information content (AvgIpc) is 3.00. The van der Waals surface area contributed by atoms with Gasteiger partial charge in [-0.25, -0.2) is 0 Å². The quantitative estimate of drug-likeness (QED) is 0.278. The number of hydrogen-bond acceptors (Lipinski definition) is 9. The minimum absolute atomic E-state index is 0.146. The molecule has 0 aliphatic carbocycles. The summed E-state index contributed by atoms with van der Waals surface area (Å²) in [5.74, 6) is -1.62. The number of nitrogens with one attached hydrogen (secondary N) is 2. The number of aromatic nitrogens is 2. The first-order chi connectivity index (χ1) is 11.6. The Morgan fingerprint density at radius 3 is 2.56 bits per heavy atom. The number of carboxylic acids is 1. The molecule has 6 N–H and O–H groups in total. The van der Waals surface area contributed by atoms with Crippen LogP contribution in [0.3, 0.4) is 0 Å². The molecule has 13 heteroatoms. The first-order valence-electron chi connectivity index (χ1n) is 7.34. The summed E-state index contributed by atoms with van der Waals surface area (Å²) < 4.78 is 32.9. The molecule has 1 heterocycles. The fourth-order valence-electron chi connectivity index (χ4n) is 1.76. The number of rotatable bonds is 11. The van der Waals surface area contributed by atoms with Gasteiger partial charge in [0.2, 0.25) is 5.89 Å². The number of nitrogens with zero attached hydrogens (tertiary/aromatic N) is 2. The molecule has 0 aliphatic rings. The lowest BCUT2D eigenvalue weighted by Crippen LogP contribution is -2.52. The van der Waals surface area contributed by atoms with Crippen molar-refractivity contribution in [2.45, 2.75) is 50.9 Å². The summed E-state index contributed by atoms with van der Waals surface area (Å²) in [5, 5.41) is 21.9. The van der Waals surface area contributed by atoms with Gasteiger partial charge in [0.25, 0.3) is 10.2 Å². The van der Waals surface area contributed by atoms with E-state index in [9.17, 15) is 23.1 Å². The van der Waals surface area contributed by atoms with E-state index in [1.54, 1.807) is 11.6 Å². The number of hydrogen-bond donors (Lipinski definition) is 5. The Labute approximate surface area is 144 Å². The number of nitrogens with two attached hydrogens (primary N) is 1. The van der Waals surface area contributed by atoms with Crippen molar-refractivity contribution in [1.29, 1.82) is 0 Å². The molecule has 0 saturated carbocycles. The van der Waals surface area contributed by atoms with Crippen LogP contribution in [0.2, 0.25) is 0 Å². The van der Waals surface area contributed by atoms with E-state index in [2.05, 4.69) is 10.1 Å². The Balaban J connectivity index is 2.98. The van der Waals surface area contributed by atoms with Crippen molar-refractivity contribution in [2.75, 3.05) is 0 Å². The largest absolute Gasteiger partial charge is 0.480 e. The summed E-state index contributed by atoms with van der Waals surface area (Å²) in [4.78, 5) is 25.7. The maximum Gasteiger partial charge on any atom is 0.324 e. The van der Waals surface area contributed by atoms with Crippen molar-refractivity contribution >= 4 is 22.5 Å². The van der Waals surface area contributed by atoms with Gasteiger partial charge in [-0.2, -0.15) is 22.8 Å². The summed E-state index contributed by atoms with van der Waals surface area (Å²) in [5.41, 5.74) is 5.74. The zero-order valence-corrected chi connectivity index (χ0v) is 14.4. The third-order valence-electron chi connectivity index (χ3n) is 3.19. The van der Waals surface area contributed by atoms with Crippen LogP contribution in [0.25, 0.3) is 0 Å². The molecular formula is C12H21N5O7S. The van der Waals surface area contributed by atoms with Gasteiger partial charge < -0.3 is 25.3 Å². The lowest BCUT2D eigenvalue weighted by Gasteiger charge is -2.19. The lowest BCUT2D eigenvalue weighted by atomic mass is 10.2. The van der Waals surface area contributed by atoms with E-state index in [0.717, 1.165) is 6.92 Å². The number of aliphatic hydroxyl groups excluding tert-OH is 1. The molecule has 1 rings (SSSR count). The van der Waals surface area contributed by atoms with Crippen LogP contribution in [-0.2, 0) is 19.8 Å². The first kappa shape index (κ1) is 21.1. The number of aliphatic hydroxyl groups is 1. The summed E-state index contributed by atoms with van der Waals surface area (Å²) in [6.07, 6.45) is -0.883. The van der Waals surface area contributed by atoms with Crippen LogP contribution in [0.1, 0.15) is 50.5 Å². The highest BCUT2D eigenvalue weighted by Gasteiger charge is 2.31. The number of carboxylic acid groups (broad SMARTS) is 1. The topological polar surface area (TPSA) is 198 Å². The van der Waals surface area contributed by atoms with Gasteiger partial charge in [0.15, 0.2) is 5.82 Å². The number of carbonyl (C=O) groups is 2. The molecule has 1 aromatic heterocycles. The van der Waals surface area contributed by atoms with Crippen LogP contribution in [0.15, 0.2) is 4.52 Å². The van der Waals surface area contributed by atoms with E-state index in [1.807, 2.05) is 4.72 Å². The van der Waals surface area contributed by atoms with Crippen LogP contribution in [0.4, 0.5) is 0 Å². The van der Waals surface area contributed by atoms with Gasteiger partial charge in [0.05, 0.1) is 12.1 Å². The number of carbonyl (C=O) groups excluding carboxylic acids is 1. The van der Waals surface area contributed by atoms with Gasteiger partial charge in [-0.05, 0) is 13.3 Å². The fourth-order valence-corrected chi connectivity index (χ4v) is 3.03. The predicted octanol–water partition coefficient (Wildman–Crippen LogP) is -1.63. The summed E-state index contributed by atoms with van der Waals surface area (Å²) >= 11 is 0. The second kappa shape index (κ2) is 8.96. The summed E-state index contributed by atoms with van der Waals surface area (Å²) in [7, 11) is -4.42. The number of aldehydes is 1. The maximum absolute atomic E-state index is 12.1. The molecule has 0 bridgehead atoms. The molecule has 4 atom stereocenters. The monoisotopic (exact) mass is 379 g/mol. The van der Waals surface area contributed by atoms with E-state index < -0.39 is 40.4 Å². The Kier molecular flexibility index (Phi) is 7.57. The highest BCUT2D eigenvalue weighted by atomic mass is 32.2. The van der Waals surface area contributed by atoms with Gasteiger partial charge in [-0.1, -0.05) is 12.1 Å². The van der Waals surface area contributed by atoms with Crippen molar-refractivity contribution in [2.24, 2.45) is 5.73 Å². The van der Waals surface area contributed by atoms with Gasteiger partial charge >= 0.3 is 5.97 Å². The Morgan fingerprint density at radius 2 is 2.08 bits per heavy atom. The van der Waals surface area contributed by atoms with E-state index in [1.165, 1.54) is 0 Å². The van der Waals surface area contributed by atoms with Crippen molar-refractivity contribution < 1.29 is 32.7 Å². The molecule has 1 aromatic rings. The van der Waals surface area contributed by atoms with E-state index in [-0.39, 0.29) is 18.1 Å². The molecule has 0 spiro atoms. The molecule has 0 aromatic carbocycles. The Bertz CT molecular complexity index is 690. The van der Waals surface area contributed by atoms with E-state index in [0.29, 0.717) is 12.7 Å². The fraction of sp³-hybridized carbons (Fsp3) is 0.667. The standard InChI is InChI=1S/C12H21N5O7S/c1-3-7(13)10-14-11(24-15-10)8(4-5-18)16-25(22,23)17-9(6(2)19)12(20)21/h5-9,16-17,19H,3-4,13H2,1-2H3,(H,20,21). The minimum atomic E-state index is -4.42. The normalized spacial score (nSPS) is 16.8. The zero-order chi connectivity index (χ0) is 19.2. The third kappa shape index (κ3) is 6.13. The maximum atomic E-state index is 12.1. The molecule has 0 saturated heterocycles. The smallest absolute Gasteiger partial charge is 0.324 e. The lowest BCUT2D eigenvalue weighted by molar-refractivity contribution is -0.141. The van der Waals surface area contributed by atoms with Crippen LogP contribution in [0, 0.1) is 0 Å². The van der Waals surface area contributed by atoms with Crippen LogP contribution < -0.4 is 15.2 Å². The Hall–Kier alpha value is -1.93. The molecular weight excluding hydrogens is 358 g/mol. The molecule has 0 aliphatic heterocycles. The number of aliphatic carboxylic acids is 1. The van der Waals surface area contributed by atoms with Gasteiger partial charge in [-0.15, -0.1) is 0 Å². The molecule has 25 heavy (non-hydrogen) atoms. The second-order valence-corrected chi connectivity index (χ2v) is 6.73. The van der Waals surface area contributed by atoms with Crippen molar-refractivity contribution in [3.8, 4) is 0 Å². The summed E-state index contributed by atoms with van der Waals surface area (Å²) in [6, 6.07) is -3.51. The zero-order valence-electron chi connectivity index (χ0n) is 13.6. The summed E-state index contributed by atoms with van der Waals surface area (Å²) in [6.45, 7) is 2.90. The van der Waals surface area contributed by atoms with E-state index >= 15 is 0 Å². The SMILES string of the molecule is CCC(N)c1noc(C(CC=O)NS(=O)(=O)NC(C(=O)O)C(C)O)n1. The van der Waals surface area contributed by atoms with E-state index in [4.69, 9.17) is 15.4 Å². The molecule has 0 amide bonds. The van der Waals surface area contributed by atoms with Crippen LogP contribution in [0.5, 0.6) is 0 Å². The predicted molar refractivity (Wildman–Crippen MR) is 83.2 cm³/mol. The molecule has 0 fully saturated rings. The molecule has 0 radical (unpaired) electrons. The average molecular weight is 379 g/mol. The van der Waals surface area contributed by atoms with Gasteiger partial charge in [-0.3, -0.25) is 4.79 Å². The van der Waals surface area contributed by atoms with Crippen LogP contribution in [-0.4, -0.2) is 53.2 Å². The highest BCUT2D eigenvalue weighted by molar-refractivity contribution is 7.87. The molecule has 12 nitrogen and oxygen atoms in total. The van der Waals surface area contributed by atoms with Crippen molar-refractivity contribution in [3.63, 3.8) is 0 Å². The van der Waals surface area contributed by atoms with Crippen molar-refractivity contribution in [3.05, 3.63) is 11.7 Å². The van der Waals surface area contributed by atoms with Gasteiger partial charge in [0, 0.05) is 6.42 Å². The van der Waals surface area contributed by atoms with Gasteiger partial charge in [0.1, 0.15) is 18.4 Å². The molecule has 142 valence electrons. The highest BCUT2D eigenvalue weighted by Crippen LogP contribution is 2.18. The van der Waals surface area contributed by atoms with Crippen LogP contribution >= 0.6 is 0 Å². The Morgan fingerprint density at radius 1 is 1.44 bits per heavy atom. The minimum Gasteiger partial charge on any atom is -0.480 e. The second-order valence-electron chi connectivity index (χ2n) is 5.26. The third-order valence-corrected chi connectivity index (χ3v) is 4.35.